The Morgan fingerprint density at radius 3 is 2.56 bits per heavy atom. The summed E-state index contributed by atoms with van der Waals surface area (Å²) in [5.41, 5.74) is 6.64. The molecule has 0 unspecified atom stereocenters. The molecule has 3 aromatic carbocycles. The summed E-state index contributed by atoms with van der Waals surface area (Å²) in [4.78, 5) is 12.4. The van der Waals surface area contributed by atoms with Crippen molar-refractivity contribution in [3.63, 3.8) is 0 Å². The number of nitrogens with zero attached hydrogens (tertiary/aromatic N) is 4. The first-order chi connectivity index (χ1) is 15.6. The van der Waals surface area contributed by atoms with Crippen LogP contribution in [-0.2, 0) is 11.3 Å². The van der Waals surface area contributed by atoms with E-state index in [1.807, 2.05) is 54.8 Å². The van der Waals surface area contributed by atoms with Crippen LogP contribution in [0.25, 0.3) is 22.2 Å². The van der Waals surface area contributed by atoms with Gasteiger partial charge in [0, 0.05) is 17.7 Å². The predicted molar refractivity (Wildman–Crippen MR) is 131 cm³/mol. The second kappa shape index (κ2) is 9.78. The van der Waals surface area contributed by atoms with Crippen LogP contribution in [0.15, 0.2) is 77.0 Å². The minimum Gasteiger partial charge on any atom is -0.302 e. The number of hydrogen-bond acceptors (Lipinski definition) is 5. The lowest BCUT2D eigenvalue weighted by molar-refractivity contribution is -0.118. The summed E-state index contributed by atoms with van der Waals surface area (Å²) < 4.78 is 2.02. The number of carbonyl (C=O) groups is 1. The molecular formula is C25H25N5OS. The van der Waals surface area contributed by atoms with Crippen molar-refractivity contribution < 1.29 is 4.79 Å². The molecule has 1 heterocycles. The van der Waals surface area contributed by atoms with Gasteiger partial charge in [-0.15, -0.1) is 10.2 Å². The predicted octanol–water partition coefficient (Wildman–Crippen LogP) is 5.06. The van der Waals surface area contributed by atoms with Gasteiger partial charge in [0.1, 0.15) is 0 Å². The number of fused-ring (bicyclic) bond motifs is 1. The highest BCUT2D eigenvalue weighted by Gasteiger charge is 2.14. The molecule has 7 heteroatoms. The number of benzene rings is 3. The Labute approximate surface area is 191 Å². The molecule has 0 aliphatic rings. The van der Waals surface area contributed by atoms with Crippen molar-refractivity contribution >= 4 is 34.2 Å². The van der Waals surface area contributed by atoms with E-state index >= 15 is 0 Å². The number of carbonyl (C=O) groups excluding carboxylic acids is 1. The highest BCUT2D eigenvalue weighted by atomic mass is 32.2. The molecule has 0 spiro atoms. The van der Waals surface area contributed by atoms with Gasteiger partial charge >= 0.3 is 0 Å². The number of rotatable bonds is 7. The van der Waals surface area contributed by atoms with E-state index in [4.69, 9.17) is 0 Å². The average molecular weight is 444 g/mol. The quantitative estimate of drug-likeness (QED) is 0.246. The van der Waals surface area contributed by atoms with E-state index in [0.717, 1.165) is 40.0 Å². The van der Waals surface area contributed by atoms with Crippen LogP contribution in [0, 0.1) is 6.92 Å². The Kier molecular flexibility index (Phi) is 6.66. The molecule has 32 heavy (non-hydrogen) atoms. The van der Waals surface area contributed by atoms with Crippen molar-refractivity contribution in [2.45, 2.75) is 32.5 Å². The zero-order valence-corrected chi connectivity index (χ0v) is 19.2. The van der Waals surface area contributed by atoms with Crippen LogP contribution < -0.4 is 5.43 Å². The number of hydrazone groups is 1. The Hall–Kier alpha value is -3.45. The number of nitrogens with one attached hydrogen (secondary N) is 1. The van der Waals surface area contributed by atoms with Crippen molar-refractivity contribution in [2.75, 3.05) is 5.75 Å². The molecule has 0 radical (unpaired) electrons. The highest BCUT2D eigenvalue weighted by Crippen LogP contribution is 2.24. The number of amides is 1. The van der Waals surface area contributed by atoms with Gasteiger partial charge in [0.05, 0.1) is 11.5 Å². The fourth-order valence-corrected chi connectivity index (χ4v) is 4.30. The second-order valence-electron chi connectivity index (χ2n) is 7.46. The number of hydrogen-bond donors (Lipinski definition) is 1. The smallest absolute Gasteiger partial charge is 0.250 e. The first-order valence-corrected chi connectivity index (χ1v) is 11.5. The SMILES string of the molecule is CCn1c(SCC(=O)NN=C(C)c2cccc3ccccc23)nnc1-c1ccc(C)cc1. The van der Waals surface area contributed by atoms with Crippen molar-refractivity contribution in [1.82, 2.24) is 20.2 Å². The van der Waals surface area contributed by atoms with Gasteiger partial charge in [-0.1, -0.05) is 84.1 Å². The van der Waals surface area contributed by atoms with Crippen LogP contribution in [0.1, 0.15) is 25.0 Å². The maximum Gasteiger partial charge on any atom is 0.250 e. The van der Waals surface area contributed by atoms with Crippen LogP contribution in [0.5, 0.6) is 0 Å². The maximum absolute atomic E-state index is 12.4. The minimum absolute atomic E-state index is 0.183. The third-order valence-corrected chi connectivity index (χ3v) is 6.17. The van der Waals surface area contributed by atoms with Gasteiger partial charge in [-0.25, -0.2) is 5.43 Å². The van der Waals surface area contributed by atoms with Crippen molar-refractivity contribution in [1.29, 1.82) is 0 Å². The van der Waals surface area contributed by atoms with Crippen LogP contribution in [0.2, 0.25) is 0 Å². The van der Waals surface area contributed by atoms with Gasteiger partial charge in [0.25, 0.3) is 5.91 Å². The normalized spacial score (nSPS) is 11.7. The molecule has 4 aromatic rings. The van der Waals surface area contributed by atoms with E-state index in [-0.39, 0.29) is 11.7 Å². The van der Waals surface area contributed by atoms with Crippen molar-refractivity contribution in [2.24, 2.45) is 5.10 Å². The zero-order valence-electron chi connectivity index (χ0n) is 18.4. The van der Waals surface area contributed by atoms with E-state index in [1.165, 1.54) is 17.3 Å². The summed E-state index contributed by atoms with van der Waals surface area (Å²) in [6.45, 7) is 6.72. The molecule has 0 fully saturated rings. The van der Waals surface area contributed by atoms with Gasteiger partial charge in [0.2, 0.25) is 0 Å². The average Bonchev–Trinajstić information content (AvgIpc) is 3.24. The Morgan fingerprint density at radius 2 is 1.78 bits per heavy atom. The fraction of sp³-hybridized carbons (Fsp3) is 0.200. The molecule has 1 amide bonds. The number of aromatic nitrogens is 3. The molecule has 0 saturated carbocycles. The first-order valence-electron chi connectivity index (χ1n) is 10.5. The van der Waals surface area contributed by atoms with E-state index in [1.54, 1.807) is 0 Å². The van der Waals surface area contributed by atoms with Gasteiger partial charge in [-0.3, -0.25) is 4.79 Å². The lowest BCUT2D eigenvalue weighted by Gasteiger charge is -2.08. The molecule has 0 atom stereocenters. The van der Waals surface area contributed by atoms with Crippen LogP contribution in [0.4, 0.5) is 0 Å². The molecule has 4 rings (SSSR count). The Morgan fingerprint density at radius 1 is 1.03 bits per heavy atom. The summed E-state index contributed by atoms with van der Waals surface area (Å²) in [6, 6.07) is 22.4. The van der Waals surface area contributed by atoms with E-state index < -0.39 is 0 Å². The molecular weight excluding hydrogens is 418 g/mol. The monoisotopic (exact) mass is 443 g/mol. The fourth-order valence-electron chi connectivity index (χ4n) is 3.51. The molecule has 1 N–H and O–H groups in total. The highest BCUT2D eigenvalue weighted by molar-refractivity contribution is 7.99. The summed E-state index contributed by atoms with van der Waals surface area (Å²) in [6.07, 6.45) is 0. The van der Waals surface area contributed by atoms with E-state index in [2.05, 4.69) is 58.0 Å². The maximum atomic E-state index is 12.4. The standard InChI is InChI=1S/C25H25N5OS/c1-4-30-24(20-14-12-17(2)13-15-20)28-29-25(30)32-16-23(31)27-26-18(3)21-11-7-9-19-8-5-6-10-22(19)21/h5-15H,4,16H2,1-3H3,(H,27,31). The van der Waals surface area contributed by atoms with Gasteiger partial charge in [0.15, 0.2) is 11.0 Å². The van der Waals surface area contributed by atoms with E-state index in [9.17, 15) is 4.79 Å². The summed E-state index contributed by atoms with van der Waals surface area (Å²) in [5, 5.41) is 15.9. The second-order valence-corrected chi connectivity index (χ2v) is 8.41. The summed E-state index contributed by atoms with van der Waals surface area (Å²) in [7, 11) is 0. The van der Waals surface area contributed by atoms with Crippen molar-refractivity contribution in [3.8, 4) is 11.4 Å². The summed E-state index contributed by atoms with van der Waals surface area (Å²) in [5.74, 6) is 0.829. The Balaban J connectivity index is 1.42. The van der Waals surface area contributed by atoms with E-state index in [0.29, 0.717) is 5.16 Å². The van der Waals surface area contributed by atoms with Gasteiger partial charge in [-0.05, 0) is 31.5 Å². The largest absolute Gasteiger partial charge is 0.302 e. The number of aryl methyl sites for hydroxylation is 1. The van der Waals surface area contributed by atoms with Crippen molar-refractivity contribution in [3.05, 3.63) is 77.9 Å². The summed E-state index contributed by atoms with van der Waals surface area (Å²) >= 11 is 1.36. The molecule has 0 aliphatic carbocycles. The lowest BCUT2D eigenvalue weighted by atomic mass is 10.0. The molecule has 0 bridgehead atoms. The van der Waals surface area contributed by atoms with Crippen LogP contribution in [-0.4, -0.2) is 32.1 Å². The van der Waals surface area contributed by atoms with Gasteiger partial charge in [-0.2, -0.15) is 5.10 Å². The first kappa shape index (κ1) is 21.8. The molecule has 1 aromatic heterocycles. The van der Waals surface area contributed by atoms with Crippen LogP contribution >= 0.6 is 11.8 Å². The zero-order chi connectivity index (χ0) is 22.5. The molecule has 162 valence electrons. The third kappa shape index (κ3) is 4.73. The molecule has 0 aliphatic heterocycles. The topological polar surface area (TPSA) is 72.2 Å². The third-order valence-electron chi connectivity index (χ3n) is 5.20. The lowest BCUT2D eigenvalue weighted by Crippen LogP contribution is -2.21. The molecule has 6 nitrogen and oxygen atoms in total. The van der Waals surface area contributed by atoms with Crippen LogP contribution in [0.3, 0.4) is 0 Å². The minimum atomic E-state index is -0.183. The molecule has 0 saturated heterocycles. The van der Waals surface area contributed by atoms with Gasteiger partial charge < -0.3 is 4.57 Å². The Bertz CT molecular complexity index is 1270. The number of thioether (sulfide) groups is 1.